The highest BCUT2D eigenvalue weighted by atomic mass is 15.2. The molecule has 0 spiro atoms. The molecule has 61 heavy (non-hydrogen) atoms. The van der Waals surface area contributed by atoms with E-state index in [2.05, 4.69) is 118 Å². The molecule has 0 saturated heterocycles. The second-order valence-corrected chi connectivity index (χ2v) is 15.9. The lowest BCUT2D eigenvalue weighted by Crippen LogP contribution is -2.31. The molecule has 0 amide bonds. The Labute approximate surface area is 353 Å². The van der Waals surface area contributed by atoms with Crippen LogP contribution in [0.4, 0.5) is 11.4 Å². The number of nitrogens with zero attached hydrogens (tertiary/aromatic N) is 9. The first-order chi connectivity index (χ1) is 30.3. The summed E-state index contributed by atoms with van der Waals surface area (Å²) in [4.78, 5) is 38.2. The minimum atomic E-state index is -0.0802. The van der Waals surface area contributed by atoms with Gasteiger partial charge < -0.3 is 9.47 Å². The van der Waals surface area contributed by atoms with Crippen molar-refractivity contribution in [2.24, 2.45) is 4.99 Å². The molecule has 7 heterocycles. The van der Waals surface area contributed by atoms with Crippen LogP contribution in [0.25, 0.3) is 56.2 Å². The third kappa shape index (κ3) is 5.79. The van der Waals surface area contributed by atoms with Crippen molar-refractivity contribution >= 4 is 39.8 Å². The Hall–Kier alpha value is -7.65. The Morgan fingerprint density at radius 1 is 0.672 bits per heavy atom. The summed E-state index contributed by atoms with van der Waals surface area (Å²) in [6, 6.07) is 39.9. The van der Waals surface area contributed by atoms with Crippen molar-refractivity contribution in [1.82, 2.24) is 34.5 Å². The van der Waals surface area contributed by atoms with Crippen molar-refractivity contribution in [3.8, 4) is 34.0 Å². The molecule has 0 fully saturated rings. The van der Waals surface area contributed by atoms with Crippen LogP contribution in [0.2, 0.25) is 0 Å². The molecule has 12 rings (SSSR count). The number of anilines is 2. The predicted octanol–water partition coefficient (Wildman–Crippen LogP) is 11.0. The third-order valence-electron chi connectivity index (χ3n) is 12.6. The van der Waals surface area contributed by atoms with Crippen LogP contribution in [-0.4, -0.2) is 46.7 Å². The van der Waals surface area contributed by atoms with Gasteiger partial charge in [0.25, 0.3) is 0 Å². The summed E-state index contributed by atoms with van der Waals surface area (Å²) in [5.74, 6) is 1.93. The molecule has 9 nitrogen and oxygen atoms in total. The highest BCUT2D eigenvalue weighted by Crippen LogP contribution is 2.53. The number of rotatable bonds is 7. The number of aromatic nitrogens is 7. The molecule has 0 N–H and O–H groups in total. The summed E-state index contributed by atoms with van der Waals surface area (Å²) in [6.45, 7) is 0.645. The number of hydrogen-bond donors (Lipinski definition) is 0. The Morgan fingerprint density at radius 2 is 1.49 bits per heavy atom. The maximum atomic E-state index is 5.57. The SMILES string of the molecule is C1=CC2c3ccncc3N(c3c(-c4ccccn4)cccc3-c3nc(C4=C(n5c6c(c7ccccc75)CN=C6)C(c5ccccn5)CC=C4)nc(-c4ccccc4)n3)C2CC1. The van der Waals surface area contributed by atoms with E-state index in [1.165, 1.54) is 16.5 Å². The number of benzene rings is 3. The molecule has 292 valence electrons. The van der Waals surface area contributed by atoms with Crippen LogP contribution in [0.3, 0.4) is 0 Å². The number of fused-ring (bicyclic) bond motifs is 6. The maximum absolute atomic E-state index is 5.57. The smallest absolute Gasteiger partial charge is 0.166 e. The standard InChI is InChI=1S/C52H39N9/c1-2-14-33(15-3-1)50-57-51(39-20-12-18-37(42-22-8-10-27-55-42)48(39)60-44-24-6-4-16-34(44)36-26-29-53-31-46(36)60)59-52(58-50)40-21-13-19-38(43-23-9-11-28-56-43)49(40)61-45-25-7-5-17-35(45)41-30-54-32-47(41)61/h1-5,7-18,20-23,25-29,31-32,34,38,44H,6,19,24,30H2. The van der Waals surface area contributed by atoms with Gasteiger partial charge in [0.1, 0.15) is 0 Å². The highest BCUT2D eigenvalue weighted by molar-refractivity contribution is 6.04. The molecular formula is C52H39N9. The summed E-state index contributed by atoms with van der Waals surface area (Å²) in [5, 5.41) is 1.20. The van der Waals surface area contributed by atoms with Crippen LogP contribution < -0.4 is 4.90 Å². The van der Waals surface area contributed by atoms with E-state index in [-0.39, 0.29) is 17.9 Å². The van der Waals surface area contributed by atoms with Gasteiger partial charge in [-0.05, 0) is 67.3 Å². The van der Waals surface area contributed by atoms with E-state index in [1.807, 2.05) is 67.4 Å². The van der Waals surface area contributed by atoms with Crippen LogP contribution in [0, 0.1) is 0 Å². The average Bonchev–Trinajstić information content (AvgIpc) is 4.04. The Kier molecular flexibility index (Phi) is 8.43. The molecule has 8 aromatic rings. The van der Waals surface area contributed by atoms with Gasteiger partial charge in [0.05, 0.1) is 41.0 Å². The average molecular weight is 790 g/mol. The van der Waals surface area contributed by atoms with Crippen LogP contribution >= 0.6 is 0 Å². The molecule has 4 aliphatic rings. The van der Waals surface area contributed by atoms with Gasteiger partial charge in [-0.1, -0.05) is 97.1 Å². The van der Waals surface area contributed by atoms with Gasteiger partial charge in [0.2, 0.25) is 0 Å². The van der Waals surface area contributed by atoms with Gasteiger partial charge in [-0.2, -0.15) is 0 Å². The lowest BCUT2D eigenvalue weighted by molar-refractivity contribution is 0.566. The first-order valence-corrected chi connectivity index (χ1v) is 21.0. The maximum Gasteiger partial charge on any atom is 0.166 e. The fourth-order valence-electron chi connectivity index (χ4n) is 9.93. The molecule has 3 atom stereocenters. The normalized spacial score (nSPS) is 18.8. The second kappa shape index (κ2) is 14.6. The summed E-state index contributed by atoms with van der Waals surface area (Å²) < 4.78 is 2.39. The van der Waals surface area contributed by atoms with E-state index in [0.717, 1.165) is 81.2 Å². The van der Waals surface area contributed by atoms with Crippen LogP contribution in [0.15, 0.2) is 169 Å². The highest BCUT2D eigenvalue weighted by Gasteiger charge is 2.41. The molecule has 3 aromatic carbocycles. The molecule has 2 aliphatic carbocycles. The number of allylic oxidation sites excluding steroid dienone is 5. The minimum absolute atomic E-state index is 0.0802. The van der Waals surface area contributed by atoms with Crippen molar-refractivity contribution in [2.45, 2.75) is 43.7 Å². The molecule has 3 unspecified atom stereocenters. The van der Waals surface area contributed by atoms with Gasteiger partial charge in [-0.25, -0.2) is 15.0 Å². The minimum Gasteiger partial charge on any atom is -0.335 e. The van der Waals surface area contributed by atoms with E-state index in [1.54, 1.807) is 0 Å². The number of pyridine rings is 3. The molecule has 9 heteroatoms. The lowest BCUT2D eigenvalue weighted by Gasteiger charge is -2.34. The zero-order chi connectivity index (χ0) is 40.3. The Balaban J connectivity index is 1.16. The van der Waals surface area contributed by atoms with Crippen molar-refractivity contribution in [3.63, 3.8) is 0 Å². The van der Waals surface area contributed by atoms with E-state index in [9.17, 15) is 0 Å². The number of para-hydroxylation sites is 2. The second-order valence-electron chi connectivity index (χ2n) is 15.9. The van der Waals surface area contributed by atoms with E-state index in [0.29, 0.717) is 24.0 Å². The van der Waals surface area contributed by atoms with Crippen LogP contribution in [-0.2, 0) is 6.54 Å². The molecular weight excluding hydrogens is 751 g/mol. The fraction of sp³-hybridized carbons (Fsp3) is 0.135. The Morgan fingerprint density at radius 3 is 2.38 bits per heavy atom. The van der Waals surface area contributed by atoms with Gasteiger partial charge in [0, 0.05) is 87.3 Å². The lowest BCUT2D eigenvalue weighted by atomic mass is 9.87. The summed E-state index contributed by atoms with van der Waals surface area (Å²) in [5.41, 5.74) is 13.5. The van der Waals surface area contributed by atoms with Crippen molar-refractivity contribution < 1.29 is 0 Å². The van der Waals surface area contributed by atoms with Gasteiger partial charge in [-0.3, -0.25) is 19.9 Å². The van der Waals surface area contributed by atoms with Crippen LogP contribution in [0.5, 0.6) is 0 Å². The number of hydrogen-bond acceptors (Lipinski definition) is 8. The van der Waals surface area contributed by atoms with E-state index < -0.39 is 0 Å². The summed E-state index contributed by atoms with van der Waals surface area (Å²) in [7, 11) is 0. The topological polar surface area (TPSA) is 97.9 Å². The first kappa shape index (κ1) is 35.3. The van der Waals surface area contributed by atoms with Crippen molar-refractivity contribution in [1.29, 1.82) is 0 Å². The zero-order valence-corrected chi connectivity index (χ0v) is 33.3. The van der Waals surface area contributed by atoms with E-state index >= 15 is 0 Å². The largest absolute Gasteiger partial charge is 0.335 e. The zero-order valence-electron chi connectivity index (χ0n) is 33.3. The molecule has 5 aromatic heterocycles. The van der Waals surface area contributed by atoms with Crippen molar-refractivity contribution in [2.75, 3.05) is 4.90 Å². The van der Waals surface area contributed by atoms with Gasteiger partial charge in [-0.15, -0.1) is 0 Å². The first-order valence-electron chi connectivity index (χ1n) is 21.0. The molecule has 0 radical (unpaired) electrons. The monoisotopic (exact) mass is 789 g/mol. The summed E-state index contributed by atoms with van der Waals surface area (Å²) in [6.07, 6.45) is 21.6. The third-order valence-corrected chi connectivity index (χ3v) is 12.6. The van der Waals surface area contributed by atoms with Crippen molar-refractivity contribution in [3.05, 3.63) is 193 Å². The fourth-order valence-corrected chi connectivity index (χ4v) is 9.93. The van der Waals surface area contributed by atoms with Gasteiger partial charge >= 0.3 is 0 Å². The molecule has 0 bridgehead atoms. The van der Waals surface area contributed by atoms with E-state index in [4.69, 9.17) is 29.9 Å². The predicted molar refractivity (Wildman–Crippen MR) is 242 cm³/mol. The van der Waals surface area contributed by atoms with Crippen LogP contribution in [0.1, 0.15) is 59.4 Å². The quantitative estimate of drug-likeness (QED) is 0.148. The Bertz CT molecular complexity index is 3110. The molecule has 2 aliphatic heterocycles. The number of aliphatic imine (C=N–C) groups is 1. The summed E-state index contributed by atoms with van der Waals surface area (Å²) >= 11 is 0. The molecule has 0 saturated carbocycles. The van der Waals surface area contributed by atoms with Gasteiger partial charge in [0.15, 0.2) is 17.5 Å².